The Morgan fingerprint density at radius 2 is 2.12 bits per heavy atom. The molecule has 1 heterocycles. The Balaban J connectivity index is 1.95. The van der Waals surface area contributed by atoms with Crippen molar-refractivity contribution in [2.75, 3.05) is 5.75 Å². The summed E-state index contributed by atoms with van der Waals surface area (Å²) in [7, 11) is 0. The Kier molecular flexibility index (Phi) is 4.31. The van der Waals surface area contributed by atoms with E-state index in [9.17, 15) is 4.79 Å². The first-order chi connectivity index (χ1) is 8.15. The molecule has 0 saturated carbocycles. The molecule has 3 nitrogen and oxygen atoms in total. The Morgan fingerprint density at radius 1 is 1.41 bits per heavy atom. The zero-order valence-electron chi connectivity index (χ0n) is 9.01. The Bertz CT molecular complexity index is 525. The van der Waals surface area contributed by atoms with E-state index in [1.165, 1.54) is 23.3 Å². The van der Waals surface area contributed by atoms with Gasteiger partial charge < -0.3 is 0 Å². The Hall–Kier alpha value is -0.720. The van der Waals surface area contributed by atoms with Crippen molar-refractivity contribution in [1.29, 1.82) is 0 Å². The normalized spacial score (nSPS) is 10.5. The van der Waals surface area contributed by atoms with Crippen LogP contribution in [-0.2, 0) is 0 Å². The van der Waals surface area contributed by atoms with Gasteiger partial charge in [0.15, 0.2) is 10.1 Å². The van der Waals surface area contributed by atoms with Gasteiger partial charge in [0.25, 0.3) is 0 Å². The maximum absolute atomic E-state index is 11.9. The first-order valence-corrected chi connectivity index (χ1v) is 7.42. The van der Waals surface area contributed by atoms with Crippen molar-refractivity contribution in [3.05, 3.63) is 40.1 Å². The number of nitrogens with zero attached hydrogens (tertiary/aromatic N) is 2. The Labute approximate surface area is 116 Å². The minimum atomic E-state index is 0.107. The highest BCUT2D eigenvalue weighted by Gasteiger charge is 2.08. The highest BCUT2D eigenvalue weighted by molar-refractivity contribution is 9.10. The van der Waals surface area contributed by atoms with Crippen LogP contribution in [0.3, 0.4) is 0 Å². The number of hydrogen-bond donors (Lipinski definition) is 0. The molecule has 1 aromatic heterocycles. The third-order valence-corrected chi connectivity index (χ3v) is 4.46. The lowest BCUT2D eigenvalue weighted by atomic mass is 10.2. The highest BCUT2D eigenvalue weighted by Crippen LogP contribution is 2.21. The zero-order chi connectivity index (χ0) is 12.3. The van der Waals surface area contributed by atoms with Crippen molar-refractivity contribution in [2.45, 2.75) is 11.3 Å². The number of carbonyl (C=O) groups is 1. The van der Waals surface area contributed by atoms with Gasteiger partial charge in [0, 0.05) is 10.0 Å². The predicted molar refractivity (Wildman–Crippen MR) is 73.8 cm³/mol. The van der Waals surface area contributed by atoms with Crippen LogP contribution >= 0.6 is 39.2 Å². The van der Waals surface area contributed by atoms with Crippen molar-refractivity contribution >= 4 is 45.0 Å². The molecule has 0 spiro atoms. The molecular weight excluding hydrogens is 320 g/mol. The molecule has 1 aromatic carbocycles. The molecule has 6 heteroatoms. The molecule has 0 aliphatic rings. The summed E-state index contributed by atoms with van der Waals surface area (Å²) in [5.74, 6) is 1.26. The second kappa shape index (κ2) is 5.75. The molecule has 0 aliphatic heterocycles. The van der Waals surface area contributed by atoms with E-state index in [2.05, 4.69) is 25.3 Å². The fourth-order valence-corrected chi connectivity index (χ4v) is 2.99. The van der Waals surface area contributed by atoms with E-state index in [-0.39, 0.29) is 5.78 Å². The van der Waals surface area contributed by atoms with Crippen LogP contribution in [0.4, 0.5) is 0 Å². The summed E-state index contributed by atoms with van der Waals surface area (Å²) in [5.41, 5.74) is 0.724. The van der Waals surface area contributed by atoms with Crippen LogP contribution in [0.2, 0.25) is 0 Å². The van der Waals surface area contributed by atoms with Gasteiger partial charge in [0.2, 0.25) is 0 Å². The zero-order valence-corrected chi connectivity index (χ0v) is 12.2. The molecule has 0 unspecified atom stereocenters. The number of thioether (sulfide) groups is 1. The van der Waals surface area contributed by atoms with Crippen molar-refractivity contribution in [2.24, 2.45) is 0 Å². The topological polar surface area (TPSA) is 42.9 Å². The Morgan fingerprint density at radius 3 is 2.71 bits per heavy atom. The third kappa shape index (κ3) is 3.62. The van der Waals surface area contributed by atoms with Crippen LogP contribution in [0.1, 0.15) is 16.2 Å². The molecular formula is C11H9BrN2OS2. The van der Waals surface area contributed by atoms with E-state index >= 15 is 0 Å². The van der Waals surface area contributed by atoms with Gasteiger partial charge in [-0.2, -0.15) is 4.37 Å². The average molecular weight is 329 g/mol. The van der Waals surface area contributed by atoms with Crippen LogP contribution in [0.25, 0.3) is 0 Å². The molecule has 0 N–H and O–H groups in total. The lowest BCUT2D eigenvalue weighted by molar-refractivity contribution is 0.102. The standard InChI is InChI=1S/C11H9BrN2OS2/c1-7-13-11(17-14-7)16-6-10(15)8-2-4-9(12)5-3-8/h2-5H,6H2,1H3. The molecule has 0 amide bonds. The van der Waals surface area contributed by atoms with E-state index in [1.54, 1.807) is 0 Å². The molecule has 0 radical (unpaired) electrons. The summed E-state index contributed by atoms with van der Waals surface area (Å²) in [5, 5.41) is 0. The number of ketones is 1. The number of carbonyl (C=O) groups excluding carboxylic acids is 1. The second-order valence-electron chi connectivity index (χ2n) is 3.33. The number of benzene rings is 1. The number of aromatic nitrogens is 2. The third-order valence-electron chi connectivity index (χ3n) is 2.00. The van der Waals surface area contributed by atoms with Gasteiger partial charge in [-0.15, -0.1) is 0 Å². The summed E-state index contributed by atoms with van der Waals surface area (Å²) in [6.45, 7) is 1.84. The van der Waals surface area contributed by atoms with Crippen LogP contribution in [0.15, 0.2) is 33.1 Å². The number of halogens is 1. The van der Waals surface area contributed by atoms with Crippen molar-refractivity contribution in [3.63, 3.8) is 0 Å². The van der Waals surface area contributed by atoms with E-state index in [0.717, 1.165) is 20.2 Å². The van der Waals surface area contributed by atoms with Crippen LogP contribution < -0.4 is 0 Å². The van der Waals surface area contributed by atoms with Gasteiger partial charge in [0.05, 0.1) is 5.75 Å². The number of aryl methyl sites for hydroxylation is 1. The predicted octanol–water partition coefficient (Wildman–Crippen LogP) is 3.58. The van der Waals surface area contributed by atoms with Gasteiger partial charge in [-0.25, -0.2) is 4.98 Å². The molecule has 2 aromatic rings. The van der Waals surface area contributed by atoms with Gasteiger partial charge >= 0.3 is 0 Å². The van der Waals surface area contributed by atoms with Crippen LogP contribution in [-0.4, -0.2) is 20.9 Å². The SMILES string of the molecule is Cc1nsc(SCC(=O)c2ccc(Br)cc2)n1. The summed E-state index contributed by atoms with van der Waals surface area (Å²) >= 11 is 6.10. The van der Waals surface area contributed by atoms with E-state index in [0.29, 0.717) is 5.75 Å². The summed E-state index contributed by atoms with van der Waals surface area (Å²) in [4.78, 5) is 16.1. The minimum Gasteiger partial charge on any atom is -0.293 e. The van der Waals surface area contributed by atoms with Crippen molar-refractivity contribution in [3.8, 4) is 0 Å². The van der Waals surface area contributed by atoms with Gasteiger partial charge in [-0.05, 0) is 30.6 Å². The summed E-state index contributed by atoms with van der Waals surface area (Å²) in [6.07, 6.45) is 0. The first-order valence-electron chi connectivity index (χ1n) is 4.87. The number of Topliss-reactive ketones (excluding diaryl/α,β-unsaturated/α-hetero) is 1. The van der Waals surface area contributed by atoms with E-state index in [1.807, 2.05) is 31.2 Å². The molecule has 17 heavy (non-hydrogen) atoms. The molecule has 88 valence electrons. The average Bonchev–Trinajstić information content (AvgIpc) is 2.73. The first kappa shape index (κ1) is 12.7. The fourth-order valence-electron chi connectivity index (χ4n) is 1.18. The van der Waals surface area contributed by atoms with E-state index < -0.39 is 0 Å². The highest BCUT2D eigenvalue weighted by atomic mass is 79.9. The largest absolute Gasteiger partial charge is 0.293 e. The molecule has 0 saturated heterocycles. The van der Waals surface area contributed by atoms with E-state index in [4.69, 9.17) is 0 Å². The maximum atomic E-state index is 11.9. The van der Waals surface area contributed by atoms with Crippen molar-refractivity contribution < 1.29 is 4.79 Å². The van der Waals surface area contributed by atoms with Crippen molar-refractivity contribution in [1.82, 2.24) is 9.36 Å². The summed E-state index contributed by atoms with van der Waals surface area (Å²) < 4.78 is 5.89. The number of rotatable bonds is 4. The van der Waals surface area contributed by atoms with Gasteiger partial charge in [0.1, 0.15) is 5.82 Å². The monoisotopic (exact) mass is 328 g/mol. The lowest BCUT2D eigenvalue weighted by Crippen LogP contribution is -2.01. The quantitative estimate of drug-likeness (QED) is 0.635. The summed E-state index contributed by atoms with van der Waals surface area (Å²) in [6, 6.07) is 7.37. The fraction of sp³-hybridized carbons (Fsp3) is 0.182. The second-order valence-corrected chi connectivity index (χ2v) is 6.22. The van der Waals surface area contributed by atoms with Gasteiger partial charge in [-0.1, -0.05) is 39.8 Å². The lowest BCUT2D eigenvalue weighted by Gasteiger charge is -1.99. The maximum Gasteiger partial charge on any atom is 0.173 e. The molecule has 0 bridgehead atoms. The van der Waals surface area contributed by atoms with Crippen LogP contribution in [0, 0.1) is 6.92 Å². The minimum absolute atomic E-state index is 0.107. The molecule has 0 fully saturated rings. The molecule has 0 aliphatic carbocycles. The van der Waals surface area contributed by atoms with Gasteiger partial charge in [-0.3, -0.25) is 4.79 Å². The molecule has 2 rings (SSSR count). The smallest absolute Gasteiger partial charge is 0.173 e. The molecule has 0 atom stereocenters. The number of hydrogen-bond acceptors (Lipinski definition) is 5. The van der Waals surface area contributed by atoms with Crippen LogP contribution in [0.5, 0.6) is 0 Å².